The first-order valence-corrected chi connectivity index (χ1v) is 24.4. The van der Waals surface area contributed by atoms with E-state index in [2.05, 4.69) is 245 Å². The molecule has 1 saturated heterocycles. The van der Waals surface area contributed by atoms with Crippen LogP contribution in [0.15, 0.2) is 164 Å². The number of quaternary nitrogens is 2. The molecule has 0 N–H and O–H groups in total. The molecule has 0 radical (unpaired) electrons. The van der Waals surface area contributed by atoms with Crippen LogP contribution in [0.5, 0.6) is 11.5 Å². The van der Waals surface area contributed by atoms with Gasteiger partial charge in [-0.15, -0.1) is 0 Å². The Morgan fingerprint density at radius 3 is 1.85 bits per heavy atom. The third-order valence-electron chi connectivity index (χ3n) is 14.7. The lowest BCUT2D eigenvalue weighted by molar-refractivity contribution is 0.424. The fraction of sp³-hybridized carbons (Fsp3) is 0.238. The highest BCUT2D eigenvalue weighted by atomic mass is 16.5. The van der Waals surface area contributed by atoms with Gasteiger partial charge in [-0.05, 0) is 128 Å². The molecule has 2 aromatic heterocycles. The van der Waals surface area contributed by atoms with E-state index in [9.17, 15) is 0 Å². The summed E-state index contributed by atoms with van der Waals surface area (Å²) in [6.45, 7) is 27.6. The maximum Gasteiger partial charge on any atom is 0.225 e. The number of hydrogen-bond acceptors (Lipinski definition) is 2. The number of nitrogens with zero attached hydrogens (tertiary/aromatic N) is 4. The number of benzene rings is 7. The molecule has 5 nitrogen and oxygen atoms in total. The molecule has 2 atom stereocenters. The summed E-state index contributed by atoms with van der Waals surface area (Å²) in [5, 5.41) is 2.39. The number of aromatic nitrogens is 2. The van der Waals surface area contributed by atoms with E-state index < -0.39 is 0 Å². The molecular formula is C63H63N4O+. The van der Waals surface area contributed by atoms with Crippen molar-refractivity contribution in [2.75, 3.05) is 0 Å². The van der Waals surface area contributed by atoms with Crippen LogP contribution in [0.3, 0.4) is 0 Å². The summed E-state index contributed by atoms with van der Waals surface area (Å²) >= 11 is 0. The number of pyridine rings is 1. The Balaban J connectivity index is 1.10. The molecule has 11 rings (SSSR count). The van der Waals surface area contributed by atoms with E-state index in [0.717, 1.165) is 28.4 Å². The number of rotatable bonds is 9. The molecule has 0 spiro atoms. The number of hydrogen-bond donors (Lipinski definition) is 0. The van der Waals surface area contributed by atoms with E-state index in [1.165, 1.54) is 83.6 Å². The minimum absolute atomic E-state index is 0.00110. The summed E-state index contributed by atoms with van der Waals surface area (Å²) in [5.41, 5.74) is 18.6. The van der Waals surface area contributed by atoms with Gasteiger partial charge >= 0.3 is 0 Å². The van der Waals surface area contributed by atoms with Crippen molar-refractivity contribution >= 4 is 44.6 Å². The quantitative estimate of drug-likeness (QED) is 0.0820. The van der Waals surface area contributed by atoms with Crippen LogP contribution in [-0.2, 0) is 10.8 Å². The van der Waals surface area contributed by atoms with Gasteiger partial charge < -0.3 is 4.74 Å². The number of para-hydroxylation sites is 2. The Bertz CT molecular complexity index is 3430. The van der Waals surface area contributed by atoms with Gasteiger partial charge in [0.2, 0.25) is 11.4 Å². The average Bonchev–Trinajstić information content (AvgIpc) is 3.81. The number of fused-ring (bicyclic) bond motifs is 7. The van der Waals surface area contributed by atoms with Crippen molar-refractivity contribution in [3.63, 3.8) is 0 Å². The van der Waals surface area contributed by atoms with Crippen molar-refractivity contribution < 1.29 is 4.74 Å². The van der Waals surface area contributed by atoms with Crippen molar-refractivity contribution in [2.24, 2.45) is 0 Å². The Morgan fingerprint density at radius 2 is 1.19 bits per heavy atom. The molecule has 1 fully saturated rings. The molecule has 68 heavy (non-hydrogen) atoms. The second-order valence-corrected chi connectivity index (χ2v) is 21.9. The van der Waals surface area contributed by atoms with Crippen LogP contribution < -0.4 is 13.9 Å². The maximum absolute atomic E-state index is 7.26. The monoisotopic (exact) mass is 891 g/mol. The molecule has 0 amide bonds. The van der Waals surface area contributed by atoms with Crippen molar-refractivity contribution in [1.82, 2.24) is 18.7 Å². The number of ether oxygens (including phenoxy) is 1. The van der Waals surface area contributed by atoms with E-state index >= 15 is 0 Å². The number of aryl methyl sites for hydroxylation is 1. The highest BCUT2D eigenvalue weighted by Gasteiger charge is 2.78. The highest BCUT2D eigenvalue weighted by molar-refractivity contribution is 6.10. The largest absolute Gasteiger partial charge is 0.457 e. The topological polar surface area (TPSA) is 27.1 Å². The second kappa shape index (κ2) is 15.6. The third kappa shape index (κ3) is 6.77. The van der Waals surface area contributed by atoms with E-state index in [-0.39, 0.29) is 10.8 Å². The van der Waals surface area contributed by atoms with Crippen LogP contribution in [0.1, 0.15) is 109 Å². The molecular weight excluding hydrogens is 829 g/mol. The highest BCUT2D eigenvalue weighted by Crippen LogP contribution is 2.75. The molecule has 2 aliphatic heterocycles. The summed E-state index contributed by atoms with van der Waals surface area (Å²) in [6, 6.07) is 58.5. The first-order valence-electron chi connectivity index (χ1n) is 24.4. The summed E-state index contributed by atoms with van der Waals surface area (Å²) < 4.78 is 10.8. The minimum atomic E-state index is -0.0326. The van der Waals surface area contributed by atoms with E-state index in [1.54, 1.807) is 0 Å². The summed E-state index contributed by atoms with van der Waals surface area (Å²) in [4.78, 5) is 5.02. The SMILES string of the molecule is Cc1cc([N@+]23[CH-][N+]2(c2cc(Oc4ccc5c6cc(C(C)(C)C)ccc6n(-c6cc(C(C)(C)C)ccn6)c5c4)cc(-c4c(C(C)C)cccc4C(C)C)c2)c2ccccc23)ccc1-c1ccccc1. The van der Waals surface area contributed by atoms with Crippen LogP contribution in [0.25, 0.3) is 49.9 Å². The van der Waals surface area contributed by atoms with Gasteiger partial charge in [-0.25, -0.2) is 4.98 Å². The van der Waals surface area contributed by atoms with Crippen molar-refractivity contribution in [1.29, 1.82) is 0 Å². The van der Waals surface area contributed by atoms with Crippen LogP contribution in [0.4, 0.5) is 22.7 Å². The van der Waals surface area contributed by atoms with Crippen molar-refractivity contribution in [3.05, 3.63) is 198 Å². The summed E-state index contributed by atoms with van der Waals surface area (Å²) in [5.74, 6) is 3.15. The Hall–Kier alpha value is -6.79. The fourth-order valence-electron chi connectivity index (χ4n) is 11.0. The first kappa shape index (κ1) is 43.8. The lowest BCUT2D eigenvalue weighted by Crippen LogP contribution is -2.46. The zero-order valence-corrected chi connectivity index (χ0v) is 41.5. The Labute approximate surface area is 403 Å². The van der Waals surface area contributed by atoms with Gasteiger partial charge in [0.1, 0.15) is 17.3 Å². The van der Waals surface area contributed by atoms with Gasteiger partial charge in [0, 0.05) is 59.4 Å². The molecule has 0 saturated carbocycles. The van der Waals surface area contributed by atoms with Crippen LogP contribution >= 0.6 is 0 Å². The van der Waals surface area contributed by atoms with E-state index in [1.807, 2.05) is 6.20 Å². The Kier molecular flexibility index (Phi) is 10.1. The molecule has 0 bridgehead atoms. The van der Waals surface area contributed by atoms with Crippen molar-refractivity contribution in [2.45, 2.75) is 98.8 Å². The lowest BCUT2D eigenvalue weighted by atomic mass is 9.85. The fourth-order valence-corrected chi connectivity index (χ4v) is 11.0. The molecule has 0 aliphatic carbocycles. The molecule has 5 heteroatoms. The molecule has 2 aliphatic rings. The van der Waals surface area contributed by atoms with Crippen molar-refractivity contribution in [3.8, 4) is 39.6 Å². The van der Waals surface area contributed by atoms with Gasteiger partial charge in [-0.1, -0.05) is 136 Å². The van der Waals surface area contributed by atoms with Crippen LogP contribution in [0.2, 0.25) is 0 Å². The molecule has 4 heterocycles. The zero-order chi connectivity index (χ0) is 47.5. The van der Waals surface area contributed by atoms with Gasteiger partial charge in [0.25, 0.3) is 0 Å². The lowest BCUT2D eigenvalue weighted by Gasteiger charge is -2.40. The third-order valence-corrected chi connectivity index (χ3v) is 14.7. The van der Waals surface area contributed by atoms with Crippen LogP contribution in [-0.4, -0.2) is 9.55 Å². The predicted octanol–water partition coefficient (Wildman–Crippen LogP) is 17.8. The smallest absolute Gasteiger partial charge is 0.225 e. The van der Waals surface area contributed by atoms with E-state index in [0.29, 0.717) is 21.0 Å². The van der Waals surface area contributed by atoms with Gasteiger partial charge in [0.15, 0.2) is 18.0 Å². The zero-order valence-electron chi connectivity index (χ0n) is 41.5. The first-order chi connectivity index (χ1) is 32.5. The standard InChI is InChI=1S/C63H63N4O/c1-40(2)51-20-17-21-52(41(3)4)61(51)44-33-48(67-39-66(67,58-22-15-16-23-59(58)67)47-25-27-53(42(5)32-47)43-18-13-12-14-19-43)37-50(34-44)68-49-26-28-54-55-35-45(62(6,7)8)24-29-56(55)65(57(54)38-49)60-36-46(30-31-64-60)63(9,10)11/h12-41H,1-11H3/q+1/t66-,67?/m0/s1. The van der Waals surface area contributed by atoms with Crippen LogP contribution in [0, 0.1) is 13.6 Å². The second-order valence-electron chi connectivity index (χ2n) is 21.9. The molecule has 9 aromatic rings. The Morgan fingerprint density at radius 1 is 0.529 bits per heavy atom. The molecule has 1 unspecified atom stereocenters. The van der Waals surface area contributed by atoms with Gasteiger partial charge in [-0.3, -0.25) is 4.57 Å². The molecule has 7 aromatic carbocycles. The molecule has 340 valence electrons. The average molecular weight is 892 g/mol. The van der Waals surface area contributed by atoms with Gasteiger partial charge in [-0.2, -0.15) is 9.18 Å². The van der Waals surface area contributed by atoms with Gasteiger partial charge in [0.05, 0.1) is 11.0 Å². The summed E-state index contributed by atoms with van der Waals surface area (Å²) in [6.07, 6.45) is 1.95. The summed E-state index contributed by atoms with van der Waals surface area (Å²) in [7, 11) is 0. The van der Waals surface area contributed by atoms with E-state index in [4.69, 9.17) is 9.72 Å². The predicted molar refractivity (Wildman–Crippen MR) is 286 cm³/mol. The minimum Gasteiger partial charge on any atom is -0.457 e. The maximum atomic E-state index is 7.26. The normalized spacial score (nSPS) is 17.7.